The number of hydrogen-bond donors (Lipinski definition) is 1. The number of rotatable bonds is 15. The van der Waals surface area contributed by atoms with Gasteiger partial charge < -0.3 is 23.4 Å². The molecule has 2 rings (SSSR count). The van der Waals surface area contributed by atoms with E-state index in [4.69, 9.17) is 18.1 Å². The minimum absolute atomic E-state index is 0.119. The third kappa shape index (κ3) is 7.50. The highest BCUT2D eigenvalue weighted by Crippen LogP contribution is 2.70. The maximum atomic E-state index is 13.6. The highest BCUT2D eigenvalue weighted by molar-refractivity contribution is 7.73. The van der Waals surface area contributed by atoms with Crippen LogP contribution in [0, 0.1) is 0 Å². The standard InChI is InChI=1S/C20H32N2O6P2S/c1-5-25-29(23,26-6-2)20(30(24,27-7-3)28-8-4)22-19-21-16-18(31-19)15-14-17-12-10-9-11-13-17/h9-13,16,20H,5-8,14-15H2,1-4H3,(H,21,22). The second kappa shape index (κ2) is 12.9. The van der Waals surface area contributed by atoms with Gasteiger partial charge in [0.05, 0.1) is 26.4 Å². The number of benzene rings is 1. The van der Waals surface area contributed by atoms with Crippen LogP contribution in [-0.2, 0) is 40.1 Å². The molecule has 0 aliphatic heterocycles. The van der Waals surface area contributed by atoms with E-state index in [2.05, 4.69) is 22.4 Å². The van der Waals surface area contributed by atoms with Gasteiger partial charge >= 0.3 is 15.2 Å². The Kier molecular flexibility index (Phi) is 10.9. The summed E-state index contributed by atoms with van der Waals surface area (Å²) in [4.78, 5) is 5.42. The third-order valence-corrected chi connectivity index (χ3v) is 10.8. The molecule has 0 radical (unpaired) electrons. The molecule has 0 bridgehead atoms. The Balaban J connectivity index is 2.27. The fourth-order valence-corrected chi connectivity index (χ4v) is 8.84. The molecule has 31 heavy (non-hydrogen) atoms. The van der Waals surface area contributed by atoms with Crippen molar-refractivity contribution in [1.29, 1.82) is 0 Å². The number of nitrogens with one attached hydrogen (secondary N) is 1. The fourth-order valence-electron chi connectivity index (χ4n) is 2.92. The first-order chi connectivity index (χ1) is 14.9. The molecule has 8 nitrogen and oxygen atoms in total. The summed E-state index contributed by atoms with van der Waals surface area (Å²) in [6, 6.07) is 10.2. The molecule has 0 saturated carbocycles. The molecule has 174 valence electrons. The van der Waals surface area contributed by atoms with E-state index >= 15 is 0 Å². The molecule has 1 aromatic carbocycles. The molecule has 0 unspecified atom stereocenters. The largest absolute Gasteiger partial charge is 0.365 e. The maximum Gasteiger partial charge on any atom is 0.365 e. The minimum atomic E-state index is -3.89. The SMILES string of the molecule is CCOP(=O)(OCC)C(Nc1ncc(CCc2ccccc2)s1)P(=O)(OCC)OCC. The van der Waals surface area contributed by atoms with Gasteiger partial charge in [0.2, 0.25) is 5.52 Å². The average Bonchev–Trinajstić information content (AvgIpc) is 3.19. The van der Waals surface area contributed by atoms with Gasteiger partial charge in [-0.05, 0) is 46.1 Å². The first kappa shape index (κ1) is 26.2. The summed E-state index contributed by atoms with van der Waals surface area (Å²) in [6.07, 6.45) is 3.43. The van der Waals surface area contributed by atoms with Gasteiger partial charge in [0.15, 0.2) is 5.13 Å². The second-order valence-corrected chi connectivity index (χ2v) is 12.1. The molecule has 0 saturated heterocycles. The van der Waals surface area contributed by atoms with E-state index in [0.29, 0.717) is 5.13 Å². The predicted molar refractivity (Wildman–Crippen MR) is 125 cm³/mol. The molecule has 2 aromatic rings. The molecular weight excluding hydrogens is 458 g/mol. The van der Waals surface area contributed by atoms with Crippen molar-refractivity contribution in [2.24, 2.45) is 0 Å². The topological polar surface area (TPSA) is 96.0 Å². The minimum Gasteiger partial charge on any atom is -0.338 e. The Bertz CT molecular complexity index is 830. The molecular formula is C20H32N2O6P2S. The zero-order chi connectivity index (χ0) is 22.7. The van der Waals surface area contributed by atoms with Crippen molar-refractivity contribution in [2.45, 2.75) is 46.1 Å². The summed E-state index contributed by atoms with van der Waals surface area (Å²) in [7, 11) is -7.77. The highest BCUT2D eigenvalue weighted by Gasteiger charge is 2.51. The smallest absolute Gasteiger partial charge is 0.338 e. The highest BCUT2D eigenvalue weighted by atomic mass is 32.1. The summed E-state index contributed by atoms with van der Waals surface area (Å²) in [5.41, 5.74) is -0.0920. The van der Waals surface area contributed by atoms with Crippen molar-refractivity contribution in [2.75, 3.05) is 31.7 Å². The van der Waals surface area contributed by atoms with E-state index in [1.807, 2.05) is 18.2 Å². The second-order valence-electron chi connectivity index (χ2n) is 6.39. The van der Waals surface area contributed by atoms with Gasteiger partial charge in [0.25, 0.3) is 0 Å². The molecule has 0 aliphatic carbocycles. The first-order valence-corrected chi connectivity index (χ1v) is 14.5. The van der Waals surface area contributed by atoms with Gasteiger partial charge in [-0.15, -0.1) is 11.3 Å². The van der Waals surface area contributed by atoms with Crippen molar-refractivity contribution < 1.29 is 27.2 Å². The van der Waals surface area contributed by atoms with Crippen molar-refractivity contribution in [3.8, 4) is 0 Å². The number of thiazole rings is 1. The van der Waals surface area contributed by atoms with Gasteiger partial charge in [-0.2, -0.15) is 0 Å². The molecule has 11 heteroatoms. The van der Waals surface area contributed by atoms with E-state index in [1.54, 1.807) is 33.9 Å². The van der Waals surface area contributed by atoms with Crippen LogP contribution in [0.3, 0.4) is 0 Å². The Morgan fingerprint density at radius 2 is 1.39 bits per heavy atom. The Hall–Kier alpha value is -1.05. The average molecular weight is 490 g/mol. The lowest BCUT2D eigenvalue weighted by Crippen LogP contribution is -2.25. The quantitative estimate of drug-likeness (QED) is 0.297. The summed E-state index contributed by atoms with van der Waals surface area (Å²) in [5, 5.41) is 3.45. The van der Waals surface area contributed by atoms with Crippen LogP contribution in [0.25, 0.3) is 0 Å². The van der Waals surface area contributed by atoms with Crippen molar-refractivity contribution in [3.63, 3.8) is 0 Å². The molecule has 0 fully saturated rings. The van der Waals surface area contributed by atoms with Gasteiger partial charge in [-0.1, -0.05) is 30.3 Å². The number of anilines is 1. The van der Waals surface area contributed by atoms with Crippen LogP contribution in [0.1, 0.15) is 38.1 Å². The van der Waals surface area contributed by atoms with Crippen molar-refractivity contribution >= 4 is 31.7 Å². The summed E-state index contributed by atoms with van der Waals surface area (Å²) >= 11 is 1.40. The van der Waals surface area contributed by atoms with Crippen LogP contribution in [0.5, 0.6) is 0 Å². The zero-order valence-corrected chi connectivity index (χ0v) is 21.1. The molecule has 0 amide bonds. The Labute approximate surface area is 188 Å². The van der Waals surface area contributed by atoms with Crippen LogP contribution in [0.15, 0.2) is 36.5 Å². The number of aromatic nitrogens is 1. The first-order valence-electron chi connectivity index (χ1n) is 10.4. The van der Waals surface area contributed by atoms with Crippen LogP contribution in [0.4, 0.5) is 5.13 Å². The van der Waals surface area contributed by atoms with E-state index in [1.165, 1.54) is 16.9 Å². The molecule has 0 atom stereocenters. The van der Waals surface area contributed by atoms with E-state index in [9.17, 15) is 9.13 Å². The van der Waals surface area contributed by atoms with Gasteiger partial charge in [-0.3, -0.25) is 9.13 Å². The maximum absolute atomic E-state index is 13.6. The van der Waals surface area contributed by atoms with Crippen molar-refractivity contribution in [3.05, 3.63) is 47.0 Å². The molecule has 0 spiro atoms. The van der Waals surface area contributed by atoms with Gasteiger partial charge in [0.1, 0.15) is 0 Å². The zero-order valence-electron chi connectivity index (χ0n) is 18.5. The Morgan fingerprint density at radius 3 is 1.87 bits per heavy atom. The number of hydrogen-bond acceptors (Lipinski definition) is 9. The van der Waals surface area contributed by atoms with Crippen molar-refractivity contribution in [1.82, 2.24) is 4.98 Å². The normalized spacial score (nSPS) is 12.4. The summed E-state index contributed by atoms with van der Waals surface area (Å²) < 4.78 is 49.0. The number of nitrogens with zero attached hydrogens (tertiary/aromatic N) is 1. The predicted octanol–water partition coefficient (Wildman–Crippen LogP) is 6.16. The van der Waals surface area contributed by atoms with Crippen LogP contribution in [0.2, 0.25) is 0 Å². The van der Waals surface area contributed by atoms with E-state index in [-0.39, 0.29) is 26.4 Å². The fraction of sp³-hybridized carbons (Fsp3) is 0.550. The molecule has 1 heterocycles. The van der Waals surface area contributed by atoms with Crippen LogP contribution >= 0.6 is 26.5 Å². The molecule has 0 aliphatic rings. The lowest BCUT2D eigenvalue weighted by Gasteiger charge is -2.31. The monoisotopic (exact) mass is 490 g/mol. The lowest BCUT2D eigenvalue weighted by atomic mass is 10.1. The van der Waals surface area contributed by atoms with Gasteiger partial charge in [0, 0.05) is 11.1 Å². The molecule has 1 aromatic heterocycles. The van der Waals surface area contributed by atoms with Crippen LogP contribution < -0.4 is 5.32 Å². The Morgan fingerprint density at radius 1 is 0.871 bits per heavy atom. The number of aryl methyl sites for hydroxylation is 2. The van der Waals surface area contributed by atoms with E-state index in [0.717, 1.165) is 17.7 Å². The lowest BCUT2D eigenvalue weighted by molar-refractivity contribution is 0.198. The summed E-state index contributed by atoms with van der Waals surface area (Å²) in [6.45, 7) is 7.25. The summed E-state index contributed by atoms with van der Waals surface area (Å²) in [5.74, 6) is 0. The molecule has 1 N–H and O–H groups in total. The third-order valence-electron chi connectivity index (χ3n) is 4.14. The van der Waals surface area contributed by atoms with E-state index < -0.39 is 20.7 Å². The van der Waals surface area contributed by atoms with Crippen LogP contribution in [-0.4, -0.2) is 36.9 Å². The van der Waals surface area contributed by atoms with Gasteiger partial charge in [-0.25, -0.2) is 4.98 Å².